The molecule has 0 aromatic rings. The van der Waals surface area contributed by atoms with Crippen molar-refractivity contribution in [1.29, 1.82) is 0 Å². The average molecular weight is 441 g/mol. The lowest BCUT2D eigenvalue weighted by Gasteiger charge is -2.41. The van der Waals surface area contributed by atoms with Crippen molar-refractivity contribution in [2.45, 2.75) is 143 Å². The second-order valence-electron chi connectivity index (χ2n) is 9.91. The molecule has 4 nitrogen and oxygen atoms in total. The summed E-state index contributed by atoms with van der Waals surface area (Å²) in [5.41, 5.74) is -0.564. The van der Waals surface area contributed by atoms with Crippen LogP contribution in [0.3, 0.4) is 0 Å². The fraction of sp³-hybridized carbons (Fsp3) is 0.926. The smallest absolute Gasteiger partial charge is 0.310 e. The quantitative estimate of drug-likeness (QED) is 0.165. The molecule has 2 N–H and O–H groups in total. The first-order chi connectivity index (χ1) is 14.8. The maximum Gasteiger partial charge on any atom is 0.310 e. The first-order valence-electron chi connectivity index (χ1n) is 13.3. The average Bonchev–Trinajstić information content (AvgIpc) is 2.71. The molecule has 2 atom stereocenters. The van der Waals surface area contributed by atoms with Gasteiger partial charge >= 0.3 is 11.9 Å². The molecule has 0 heterocycles. The van der Waals surface area contributed by atoms with Gasteiger partial charge in [0.05, 0.1) is 5.41 Å². The van der Waals surface area contributed by atoms with Gasteiger partial charge in [-0.3, -0.25) is 9.59 Å². The highest BCUT2D eigenvalue weighted by Gasteiger charge is 2.46. The number of carboxylic acids is 2. The number of carboxylic acid groups (broad SMARTS) is 2. The molecule has 0 amide bonds. The monoisotopic (exact) mass is 440 g/mol. The van der Waals surface area contributed by atoms with Gasteiger partial charge in [-0.2, -0.15) is 0 Å². The largest absolute Gasteiger partial charge is 0.481 e. The summed E-state index contributed by atoms with van der Waals surface area (Å²) in [7, 11) is 0. The molecule has 0 fully saturated rings. The lowest BCUT2D eigenvalue weighted by molar-refractivity contribution is -0.158. The fourth-order valence-electron chi connectivity index (χ4n) is 5.15. The molecule has 0 radical (unpaired) electrons. The van der Waals surface area contributed by atoms with Crippen LogP contribution >= 0.6 is 0 Å². The minimum Gasteiger partial charge on any atom is -0.481 e. The van der Waals surface area contributed by atoms with Gasteiger partial charge in [-0.25, -0.2) is 0 Å². The predicted octanol–water partition coefficient (Wildman–Crippen LogP) is 8.48. The third-order valence-corrected chi connectivity index (χ3v) is 7.20. The van der Waals surface area contributed by atoms with Gasteiger partial charge in [-0.1, -0.05) is 111 Å². The summed E-state index contributed by atoms with van der Waals surface area (Å²) in [5, 5.41) is 18.9. The van der Waals surface area contributed by atoms with E-state index >= 15 is 0 Å². The van der Waals surface area contributed by atoms with Crippen molar-refractivity contribution in [3.63, 3.8) is 0 Å². The molecule has 0 rings (SSSR count). The second-order valence-corrected chi connectivity index (χ2v) is 9.91. The molecule has 2 unspecified atom stereocenters. The molecule has 0 aliphatic carbocycles. The molecule has 0 spiro atoms. The van der Waals surface area contributed by atoms with Crippen LogP contribution in [-0.2, 0) is 9.59 Å². The van der Waals surface area contributed by atoms with Gasteiger partial charge in [0.25, 0.3) is 0 Å². The van der Waals surface area contributed by atoms with Crippen LogP contribution in [0.4, 0.5) is 0 Å². The van der Waals surface area contributed by atoms with Crippen molar-refractivity contribution in [3.05, 3.63) is 0 Å². The Balaban J connectivity index is 4.33. The van der Waals surface area contributed by atoms with Crippen molar-refractivity contribution in [3.8, 4) is 0 Å². The molecule has 0 bridgehead atoms. The Kier molecular flexibility index (Phi) is 17.9. The summed E-state index contributed by atoms with van der Waals surface area (Å²) in [4.78, 5) is 23.0. The third-order valence-electron chi connectivity index (χ3n) is 7.20. The van der Waals surface area contributed by atoms with Crippen molar-refractivity contribution in [1.82, 2.24) is 0 Å². The van der Waals surface area contributed by atoms with Gasteiger partial charge in [-0.05, 0) is 37.5 Å². The number of hydrogen-bond donors (Lipinski definition) is 2. The zero-order valence-electron chi connectivity index (χ0n) is 21.1. The topological polar surface area (TPSA) is 74.6 Å². The Morgan fingerprint density at radius 2 is 1.13 bits per heavy atom. The van der Waals surface area contributed by atoms with E-state index in [1.165, 1.54) is 38.5 Å². The Morgan fingerprint density at radius 1 is 0.677 bits per heavy atom. The minimum atomic E-state index is -0.684. The van der Waals surface area contributed by atoms with Crippen LogP contribution in [0.5, 0.6) is 0 Å². The van der Waals surface area contributed by atoms with Crippen LogP contribution in [0.2, 0.25) is 0 Å². The number of carbonyl (C=O) groups is 2. The molecule has 184 valence electrons. The van der Waals surface area contributed by atoms with Crippen LogP contribution in [-0.4, -0.2) is 22.2 Å². The molecule has 31 heavy (non-hydrogen) atoms. The maximum atomic E-state index is 12.5. The zero-order valence-corrected chi connectivity index (χ0v) is 21.1. The van der Waals surface area contributed by atoms with E-state index in [0.29, 0.717) is 12.3 Å². The number of aliphatic carboxylic acids is 2. The van der Waals surface area contributed by atoms with Crippen LogP contribution in [0.1, 0.15) is 143 Å². The first kappa shape index (κ1) is 29.9. The third kappa shape index (κ3) is 12.5. The molecule has 0 aromatic carbocycles. The SMILES string of the molecule is CCCCC(CCCCCCCCCCCCC(=O)O)C(CCCC)(C(=O)O)C(C)C. The number of hydrogen-bond acceptors (Lipinski definition) is 2. The molecular weight excluding hydrogens is 388 g/mol. The molecule has 0 saturated heterocycles. The maximum absolute atomic E-state index is 12.5. The first-order valence-corrected chi connectivity index (χ1v) is 13.3. The number of unbranched alkanes of at least 4 members (excludes halogenated alkanes) is 11. The van der Waals surface area contributed by atoms with Crippen LogP contribution < -0.4 is 0 Å². The summed E-state index contributed by atoms with van der Waals surface area (Å²) < 4.78 is 0. The fourth-order valence-corrected chi connectivity index (χ4v) is 5.15. The minimum absolute atomic E-state index is 0.175. The second kappa shape index (κ2) is 18.5. The van der Waals surface area contributed by atoms with Gasteiger partial charge in [0, 0.05) is 6.42 Å². The van der Waals surface area contributed by atoms with Crippen molar-refractivity contribution < 1.29 is 19.8 Å². The normalized spacial score (nSPS) is 14.5. The van der Waals surface area contributed by atoms with Gasteiger partial charge in [0.15, 0.2) is 0 Å². The summed E-state index contributed by atoms with van der Waals surface area (Å²) in [6.45, 7) is 8.59. The highest BCUT2D eigenvalue weighted by molar-refractivity contribution is 5.75. The zero-order chi connectivity index (χ0) is 23.5. The molecular formula is C27H52O4. The van der Waals surface area contributed by atoms with E-state index in [4.69, 9.17) is 5.11 Å². The molecule has 0 saturated carbocycles. The summed E-state index contributed by atoms with van der Waals surface area (Å²) in [5.74, 6) is -0.784. The van der Waals surface area contributed by atoms with Gasteiger partial charge in [0.1, 0.15) is 0 Å². The van der Waals surface area contributed by atoms with Crippen LogP contribution in [0.25, 0.3) is 0 Å². The van der Waals surface area contributed by atoms with E-state index < -0.39 is 17.4 Å². The molecule has 4 heteroatoms. The van der Waals surface area contributed by atoms with Crippen molar-refractivity contribution in [2.24, 2.45) is 17.3 Å². The Labute approximate surface area is 192 Å². The number of rotatable bonds is 22. The van der Waals surface area contributed by atoms with Gasteiger partial charge in [-0.15, -0.1) is 0 Å². The van der Waals surface area contributed by atoms with E-state index in [2.05, 4.69) is 27.7 Å². The summed E-state index contributed by atoms with van der Waals surface area (Å²) in [6, 6.07) is 0. The van der Waals surface area contributed by atoms with E-state index in [-0.39, 0.29) is 5.92 Å². The van der Waals surface area contributed by atoms with Crippen molar-refractivity contribution >= 4 is 11.9 Å². The Bertz CT molecular complexity index is 460. The van der Waals surface area contributed by atoms with E-state index in [0.717, 1.165) is 70.6 Å². The lowest BCUT2D eigenvalue weighted by atomic mass is 9.62. The Morgan fingerprint density at radius 3 is 1.55 bits per heavy atom. The van der Waals surface area contributed by atoms with Crippen molar-refractivity contribution in [2.75, 3.05) is 0 Å². The van der Waals surface area contributed by atoms with E-state index in [9.17, 15) is 14.7 Å². The Hall–Kier alpha value is -1.06. The molecule has 0 aromatic heterocycles. The lowest BCUT2D eigenvalue weighted by Crippen LogP contribution is -2.43. The van der Waals surface area contributed by atoms with E-state index in [1.54, 1.807) is 0 Å². The van der Waals surface area contributed by atoms with E-state index in [1.807, 2.05) is 0 Å². The highest BCUT2D eigenvalue weighted by Crippen LogP contribution is 2.46. The molecule has 0 aliphatic heterocycles. The molecule has 0 aliphatic rings. The van der Waals surface area contributed by atoms with Gasteiger partial charge in [0.2, 0.25) is 0 Å². The highest BCUT2D eigenvalue weighted by atomic mass is 16.4. The standard InChI is InChI=1S/C27H52O4/c1-5-7-19-24(27(23(3)4,26(30)31)22-8-6-2)20-17-15-13-11-9-10-12-14-16-18-21-25(28)29/h23-24H,5-22H2,1-4H3,(H,28,29)(H,30,31). The van der Waals surface area contributed by atoms with Gasteiger partial charge < -0.3 is 10.2 Å². The van der Waals surface area contributed by atoms with Crippen LogP contribution in [0.15, 0.2) is 0 Å². The summed E-state index contributed by atoms with van der Waals surface area (Å²) in [6.07, 6.45) is 19.1. The summed E-state index contributed by atoms with van der Waals surface area (Å²) >= 11 is 0. The van der Waals surface area contributed by atoms with Crippen LogP contribution in [0, 0.1) is 17.3 Å². The predicted molar refractivity (Wildman–Crippen MR) is 130 cm³/mol.